The van der Waals surface area contributed by atoms with Crippen LogP contribution in [0, 0.1) is 5.92 Å². The third kappa shape index (κ3) is 16.0. The summed E-state index contributed by atoms with van der Waals surface area (Å²) in [5.41, 5.74) is 0. The molecule has 0 aromatic rings. The van der Waals surface area contributed by atoms with Crippen LogP contribution >= 0.6 is 0 Å². The summed E-state index contributed by atoms with van der Waals surface area (Å²) in [7, 11) is 0. The van der Waals surface area contributed by atoms with Crippen molar-refractivity contribution >= 4 is 0 Å². The van der Waals surface area contributed by atoms with Crippen LogP contribution in [0.5, 0.6) is 0 Å². The van der Waals surface area contributed by atoms with Gasteiger partial charge < -0.3 is 0 Å². The van der Waals surface area contributed by atoms with Crippen LogP contribution in [0.25, 0.3) is 0 Å². The Morgan fingerprint density at radius 3 is 1.30 bits per heavy atom. The normalized spacial score (nSPS) is 13.1. The summed E-state index contributed by atoms with van der Waals surface area (Å²) in [4.78, 5) is 4.26. The van der Waals surface area contributed by atoms with Crippen molar-refractivity contribution in [3.8, 4) is 0 Å². The van der Waals surface area contributed by atoms with Gasteiger partial charge in [0.25, 0.3) is 0 Å². The summed E-state index contributed by atoms with van der Waals surface area (Å²) in [5.74, 6) is 0.877. The van der Waals surface area contributed by atoms with Gasteiger partial charge >= 0.3 is 0 Å². The quantitative estimate of drug-likeness (QED) is 0.209. The van der Waals surface area contributed by atoms with E-state index in [2.05, 4.69) is 18.7 Å². The third-order valence-corrected chi connectivity index (χ3v) is 4.07. The Kier molecular flexibility index (Phi) is 15.3. The molecule has 0 amide bonds. The molecule has 0 radical (unpaired) electrons. The van der Waals surface area contributed by atoms with Crippen molar-refractivity contribution in [1.29, 1.82) is 0 Å². The van der Waals surface area contributed by atoms with Crippen molar-refractivity contribution in [2.45, 2.75) is 110 Å². The molecule has 1 N–H and O–H groups in total. The molecular weight excluding hydrogens is 248 g/mol. The van der Waals surface area contributed by atoms with E-state index in [0.29, 0.717) is 0 Å². The lowest BCUT2D eigenvalue weighted by Crippen LogP contribution is -2.04. The first-order valence-electron chi connectivity index (χ1n) is 8.97. The van der Waals surface area contributed by atoms with Gasteiger partial charge in [-0.2, -0.15) is 0 Å². The van der Waals surface area contributed by atoms with E-state index < -0.39 is 0 Å². The molecule has 0 aromatic carbocycles. The summed E-state index contributed by atoms with van der Waals surface area (Å²) in [6.45, 7) is 6.55. The minimum atomic E-state index is 0.00527. The molecule has 0 saturated carbocycles. The summed E-state index contributed by atoms with van der Waals surface area (Å²) in [6.07, 6.45) is 17.5. The van der Waals surface area contributed by atoms with Crippen LogP contribution < -0.4 is 0 Å². The van der Waals surface area contributed by atoms with Gasteiger partial charge in [0.2, 0.25) is 0 Å². The SMILES string of the molecule is CC(C)CCCCCCCCCCCCCC(C)OO. The van der Waals surface area contributed by atoms with Crippen molar-refractivity contribution in [2.75, 3.05) is 0 Å². The Hall–Kier alpha value is -0.0800. The number of unbranched alkanes of at least 4 members (excludes halogenated alkanes) is 10. The lowest BCUT2D eigenvalue weighted by atomic mass is 10.0. The summed E-state index contributed by atoms with van der Waals surface area (Å²) in [5, 5.41) is 8.44. The highest BCUT2D eigenvalue weighted by atomic mass is 17.1. The Bertz CT molecular complexity index is 180. The van der Waals surface area contributed by atoms with E-state index in [-0.39, 0.29) is 6.10 Å². The molecule has 2 heteroatoms. The van der Waals surface area contributed by atoms with Gasteiger partial charge in [-0.15, -0.1) is 0 Å². The average molecular weight is 286 g/mol. The highest BCUT2D eigenvalue weighted by molar-refractivity contribution is 4.52. The zero-order valence-corrected chi connectivity index (χ0v) is 14.2. The van der Waals surface area contributed by atoms with Crippen molar-refractivity contribution in [2.24, 2.45) is 5.92 Å². The first kappa shape index (κ1) is 19.9. The molecular formula is C18H38O2. The molecule has 0 saturated heterocycles. The van der Waals surface area contributed by atoms with Gasteiger partial charge in [0.05, 0.1) is 6.10 Å². The Morgan fingerprint density at radius 2 is 0.950 bits per heavy atom. The van der Waals surface area contributed by atoms with E-state index in [1.165, 1.54) is 77.0 Å². The standard InChI is InChI=1S/C18H38O2/c1-17(2)15-13-11-9-7-5-4-6-8-10-12-14-16-18(3)20-19/h17-19H,4-16H2,1-3H3. The van der Waals surface area contributed by atoms with Crippen LogP contribution in [0.2, 0.25) is 0 Å². The minimum Gasteiger partial charge on any atom is -0.252 e. The van der Waals surface area contributed by atoms with Crippen molar-refractivity contribution < 1.29 is 10.1 Å². The van der Waals surface area contributed by atoms with Crippen molar-refractivity contribution in [3.05, 3.63) is 0 Å². The van der Waals surface area contributed by atoms with Crippen LogP contribution in [0.3, 0.4) is 0 Å². The van der Waals surface area contributed by atoms with Crippen LogP contribution in [0.15, 0.2) is 0 Å². The van der Waals surface area contributed by atoms with Gasteiger partial charge in [-0.3, -0.25) is 5.26 Å². The van der Waals surface area contributed by atoms with Crippen LogP contribution in [-0.4, -0.2) is 11.4 Å². The molecule has 122 valence electrons. The second kappa shape index (κ2) is 15.3. The minimum absolute atomic E-state index is 0.00527. The van der Waals surface area contributed by atoms with Crippen LogP contribution in [-0.2, 0) is 4.89 Å². The number of hydrogen-bond donors (Lipinski definition) is 1. The molecule has 0 bridgehead atoms. The summed E-state index contributed by atoms with van der Waals surface area (Å²) in [6, 6.07) is 0. The second-order valence-electron chi connectivity index (χ2n) is 6.78. The summed E-state index contributed by atoms with van der Waals surface area (Å²) < 4.78 is 0. The number of hydrogen-bond acceptors (Lipinski definition) is 2. The average Bonchev–Trinajstić information content (AvgIpc) is 2.43. The zero-order chi connectivity index (χ0) is 15.1. The maximum absolute atomic E-state index is 8.44. The molecule has 0 heterocycles. The maximum atomic E-state index is 8.44. The van der Waals surface area contributed by atoms with E-state index in [1.54, 1.807) is 0 Å². The van der Waals surface area contributed by atoms with Crippen LogP contribution in [0.4, 0.5) is 0 Å². The van der Waals surface area contributed by atoms with Gasteiger partial charge in [0.1, 0.15) is 0 Å². The van der Waals surface area contributed by atoms with E-state index in [1.807, 2.05) is 6.92 Å². The Labute approximate surface area is 127 Å². The molecule has 0 aliphatic rings. The molecule has 0 aromatic heterocycles. The van der Waals surface area contributed by atoms with Gasteiger partial charge in [-0.05, 0) is 19.3 Å². The lowest BCUT2D eigenvalue weighted by Gasteiger charge is -2.06. The van der Waals surface area contributed by atoms with Crippen molar-refractivity contribution in [1.82, 2.24) is 0 Å². The Balaban J connectivity index is 2.99. The fourth-order valence-corrected chi connectivity index (χ4v) is 2.63. The van der Waals surface area contributed by atoms with Crippen LogP contribution in [0.1, 0.15) is 104 Å². The third-order valence-electron chi connectivity index (χ3n) is 4.07. The Morgan fingerprint density at radius 1 is 0.600 bits per heavy atom. The molecule has 0 spiro atoms. The zero-order valence-electron chi connectivity index (χ0n) is 14.2. The van der Waals surface area contributed by atoms with Gasteiger partial charge in [-0.25, -0.2) is 4.89 Å². The topological polar surface area (TPSA) is 29.5 Å². The van der Waals surface area contributed by atoms with E-state index >= 15 is 0 Å². The monoisotopic (exact) mass is 286 g/mol. The molecule has 0 aliphatic heterocycles. The molecule has 0 aliphatic carbocycles. The van der Waals surface area contributed by atoms with Gasteiger partial charge in [0, 0.05) is 0 Å². The van der Waals surface area contributed by atoms with Gasteiger partial charge in [-0.1, -0.05) is 90.9 Å². The molecule has 2 nitrogen and oxygen atoms in total. The fraction of sp³-hybridized carbons (Fsp3) is 1.00. The highest BCUT2D eigenvalue weighted by Gasteiger charge is 2.00. The first-order valence-corrected chi connectivity index (χ1v) is 8.97. The van der Waals surface area contributed by atoms with E-state index in [9.17, 15) is 0 Å². The highest BCUT2D eigenvalue weighted by Crippen LogP contribution is 2.14. The van der Waals surface area contributed by atoms with E-state index in [4.69, 9.17) is 5.26 Å². The number of rotatable bonds is 15. The second-order valence-corrected chi connectivity index (χ2v) is 6.78. The molecule has 20 heavy (non-hydrogen) atoms. The van der Waals surface area contributed by atoms with E-state index in [0.717, 1.165) is 12.3 Å². The smallest absolute Gasteiger partial charge is 0.0899 e. The molecule has 0 rings (SSSR count). The largest absolute Gasteiger partial charge is 0.252 e. The molecule has 0 fully saturated rings. The fourth-order valence-electron chi connectivity index (χ4n) is 2.63. The predicted octanol–water partition coefficient (Wildman–Crippen LogP) is 6.59. The molecule has 1 atom stereocenters. The predicted molar refractivity (Wildman–Crippen MR) is 88.0 cm³/mol. The summed E-state index contributed by atoms with van der Waals surface area (Å²) >= 11 is 0. The molecule has 1 unspecified atom stereocenters. The van der Waals surface area contributed by atoms with Gasteiger partial charge in [0.15, 0.2) is 0 Å². The van der Waals surface area contributed by atoms with Crippen molar-refractivity contribution in [3.63, 3.8) is 0 Å². The lowest BCUT2D eigenvalue weighted by molar-refractivity contribution is -0.275. The maximum Gasteiger partial charge on any atom is 0.0899 e. The first-order chi connectivity index (χ1) is 9.66.